The predicted molar refractivity (Wildman–Crippen MR) is 148 cm³/mol. The number of benzene rings is 2. The molecular formula is C26H24Cl2N6O6. The molecule has 14 heteroatoms. The van der Waals surface area contributed by atoms with Crippen LogP contribution in [0.1, 0.15) is 29.2 Å². The van der Waals surface area contributed by atoms with Gasteiger partial charge in [-0.3, -0.25) is 20.1 Å². The largest absolute Gasteiger partial charge is 0.424 e. The van der Waals surface area contributed by atoms with E-state index >= 15 is 0 Å². The van der Waals surface area contributed by atoms with Crippen molar-refractivity contribution in [3.63, 3.8) is 0 Å². The summed E-state index contributed by atoms with van der Waals surface area (Å²) in [7, 11) is 0. The van der Waals surface area contributed by atoms with E-state index in [1.807, 2.05) is 27.7 Å². The van der Waals surface area contributed by atoms with Gasteiger partial charge in [0.1, 0.15) is 29.6 Å². The second kappa shape index (κ2) is 13.1. The van der Waals surface area contributed by atoms with E-state index in [0.29, 0.717) is 26.6 Å². The van der Waals surface area contributed by atoms with Gasteiger partial charge in [0.15, 0.2) is 0 Å². The molecular weight excluding hydrogens is 563 g/mol. The molecule has 4 rings (SSSR count). The molecule has 208 valence electrons. The molecule has 12 nitrogen and oxygen atoms in total. The standard InChI is InChI=1S/C14H14ClN3O3.C12H10ClN3O3/c1-8-4-12(5-9(2)13(8)15)21-14-16-6-11(7-17-14)18(20)10(3)19;1-7-3-10(4-8(2)11(7)13)19-12-14-5-9(6-15-12)16(17)18/h4-7,20H,1-3H3;3-6H,1-2H3. The van der Waals surface area contributed by atoms with Crippen LogP contribution in [0, 0.1) is 37.8 Å². The van der Waals surface area contributed by atoms with E-state index in [0.717, 1.165) is 34.6 Å². The molecule has 0 radical (unpaired) electrons. The number of hydroxylamine groups is 1. The molecule has 2 heterocycles. The SMILES string of the molecule is CC(=O)N(O)c1cnc(Oc2cc(C)c(Cl)c(C)c2)nc1.Cc1cc(Oc2ncc([N+](=O)[O-])cn2)cc(C)c1Cl. The van der Waals surface area contributed by atoms with Crippen molar-refractivity contribution in [3.8, 4) is 23.5 Å². The van der Waals surface area contributed by atoms with Gasteiger partial charge in [-0.25, -0.2) is 9.97 Å². The van der Waals surface area contributed by atoms with Gasteiger partial charge in [0, 0.05) is 17.0 Å². The quantitative estimate of drug-likeness (QED) is 0.146. The molecule has 0 aliphatic heterocycles. The Balaban J connectivity index is 0.000000222. The highest BCUT2D eigenvalue weighted by Gasteiger charge is 2.12. The summed E-state index contributed by atoms with van der Waals surface area (Å²) in [6, 6.07) is 7.21. The summed E-state index contributed by atoms with van der Waals surface area (Å²) in [6.07, 6.45) is 4.77. The third-order valence-electron chi connectivity index (χ3n) is 5.22. The first-order valence-corrected chi connectivity index (χ1v) is 12.3. The summed E-state index contributed by atoms with van der Waals surface area (Å²) in [4.78, 5) is 36.3. The lowest BCUT2D eigenvalue weighted by atomic mass is 10.1. The Morgan fingerprint density at radius 1 is 0.800 bits per heavy atom. The third kappa shape index (κ3) is 7.82. The van der Waals surface area contributed by atoms with Crippen LogP contribution in [0.15, 0.2) is 49.1 Å². The molecule has 4 aromatic rings. The molecule has 2 aromatic heterocycles. The Bertz CT molecular complexity index is 1490. The van der Waals surface area contributed by atoms with Gasteiger partial charge < -0.3 is 9.47 Å². The number of anilines is 1. The number of hydrogen-bond acceptors (Lipinski definition) is 10. The monoisotopic (exact) mass is 586 g/mol. The number of amides is 1. The fourth-order valence-corrected chi connectivity index (χ4v) is 3.47. The number of carbonyl (C=O) groups excluding carboxylic acids is 1. The van der Waals surface area contributed by atoms with E-state index in [2.05, 4.69) is 19.9 Å². The van der Waals surface area contributed by atoms with E-state index in [4.69, 9.17) is 32.7 Å². The van der Waals surface area contributed by atoms with Gasteiger partial charge in [0.2, 0.25) is 5.91 Å². The number of hydrogen-bond donors (Lipinski definition) is 1. The van der Waals surface area contributed by atoms with E-state index in [-0.39, 0.29) is 23.4 Å². The van der Waals surface area contributed by atoms with E-state index in [1.54, 1.807) is 24.3 Å². The lowest BCUT2D eigenvalue weighted by Gasteiger charge is -2.12. The zero-order chi connectivity index (χ0) is 29.6. The Kier molecular flexibility index (Phi) is 9.88. The highest BCUT2D eigenvalue weighted by Crippen LogP contribution is 2.29. The summed E-state index contributed by atoms with van der Waals surface area (Å²) < 4.78 is 11.0. The van der Waals surface area contributed by atoms with Crippen molar-refractivity contribution in [1.82, 2.24) is 19.9 Å². The minimum Gasteiger partial charge on any atom is -0.424 e. The first-order chi connectivity index (χ1) is 18.8. The minimum atomic E-state index is -0.569. The van der Waals surface area contributed by atoms with Crippen LogP contribution in [0.2, 0.25) is 10.0 Å². The van der Waals surface area contributed by atoms with Gasteiger partial charge in [-0.05, 0) is 74.2 Å². The highest BCUT2D eigenvalue weighted by molar-refractivity contribution is 6.32. The van der Waals surface area contributed by atoms with Crippen LogP contribution in [0.3, 0.4) is 0 Å². The Hall–Kier alpha value is -4.39. The smallest absolute Gasteiger partial charge is 0.322 e. The van der Waals surface area contributed by atoms with Gasteiger partial charge in [-0.1, -0.05) is 23.2 Å². The van der Waals surface area contributed by atoms with Crippen LogP contribution < -0.4 is 14.5 Å². The zero-order valence-corrected chi connectivity index (χ0v) is 23.6. The number of aromatic nitrogens is 4. The second-order valence-electron chi connectivity index (χ2n) is 8.48. The molecule has 0 unspecified atom stereocenters. The number of carbonyl (C=O) groups is 1. The van der Waals surface area contributed by atoms with Crippen molar-refractivity contribution in [2.24, 2.45) is 0 Å². The lowest BCUT2D eigenvalue weighted by Crippen LogP contribution is -2.23. The van der Waals surface area contributed by atoms with Crippen LogP contribution in [-0.2, 0) is 4.79 Å². The third-order valence-corrected chi connectivity index (χ3v) is 6.41. The molecule has 1 N–H and O–H groups in total. The Morgan fingerprint density at radius 2 is 1.15 bits per heavy atom. The molecule has 40 heavy (non-hydrogen) atoms. The average molecular weight is 587 g/mol. The lowest BCUT2D eigenvalue weighted by molar-refractivity contribution is -0.385. The first kappa shape index (κ1) is 30.2. The molecule has 0 aliphatic carbocycles. The van der Waals surface area contributed by atoms with Gasteiger partial charge in [0.25, 0.3) is 0 Å². The first-order valence-electron chi connectivity index (χ1n) is 11.5. The topological polar surface area (TPSA) is 154 Å². The van der Waals surface area contributed by atoms with Crippen LogP contribution in [0.5, 0.6) is 23.5 Å². The molecule has 0 spiro atoms. The molecule has 0 atom stereocenters. The van der Waals surface area contributed by atoms with E-state index < -0.39 is 10.8 Å². The van der Waals surface area contributed by atoms with E-state index in [1.165, 1.54) is 19.3 Å². The van der Waals surface area contributed by atoms with Crippen molar-refractivity contribution in [1.29, 1.82) is 0 Å². The number of aryl methyl sites for hydroxylation is 4. The van der Waals surface area contributed by atoms with Crippen LogP contribution in [-0.4, -0.2) is 36.0 Å². The van der Waals surface area contributed by atoms with Crippen LogP contribution in [0.25, 0.3) is 0 Å². The summed E-state index contributed by atoms with van der Waals surface area (Å²) in [5.41, 5.74) is 3.51. The van der Waals surface area contributed by atoms with Crippen molar-refractivity contribution < 1.29 is 24.4 Å². The minimum absolute atomic E-state index is 0.0479. The maximum absolute atomic E-state index is 11.0. The Morgan fingerprint density at radius 3 is 1.48 bits per heavy atom. The maximum atomic E-state index is 11.0. The van der Waals surface area contributed by atoms with Crippen molar-refractivity contribution in [2.75, 3.05) is 5.06 Å². The Labute approximate surface area is 239 Å². The number of nitro groups is 1. The predicted octanol–water partition coefficient (Wildman–Crippen LogP) is 6.73. The van der Waals surface area contributed by atoms with Gasteiger partial charge >= 0.3 is 17.7 Å². The molecule has 0 saturated carbocycles. The normalized spacial score (nSPS) is 10.3. The highest BCUT2D eigenvalue weighted by atomic mass is 35.5. The summed E-state index contributed by atoms with van der Waals surface area (Å²) in [5.74, 6) is 0.569. The molecule has 0 bridgehead atoms. The van der Waals surface area contributed by atoms with Gasteiger partial charge in [-0.15, -0.1) is 0 Å². The zero-order valence-electron chi connectivity index (χ0n) is 22.0. The summed E-state index contributed by atoms with van der Waals surface area (Å²) in [6.45, 7) is 8.70. The fourth-order valence-electron chi connectivity index (χ4n) is 3.25. The summed E-state index contributed by atoms with van der Waals surface area (Å²) in [5, 5.41) is 21.7. The van der Waals surface area contributed by atoms with Crippen LogP contribution in [0.4, 0.5) is 11.4 Å². The van der Waals surface area contributed by atoms with Gasteiger partial charge in [0.05, 0.1) is 17.3 Å². The van der Waals surface area contributed by atoms with Crippen molar-refractivity contribution >= 4 is 40.5 Å². The molecule has 1 amide bonds. The van der Waals surface area contributed by atoms with Gasteiger partial charge in [-0.2, -0.15) is 15.0 Å². The maximum Gasteiger partial charge on any atom is 0.322 e. The summed E-state index contributed by atoms with van der Waals surface area (Å²) >= 11 is 12.1. The van der Waals surface area contributed by atoms with E-state index in [9.17, 15) is 20.1 Å². The second-order valence-corrected chi connectivity index (χ2v) is 9.24. The number of nitrogens with zero attached hydrogens (tertiary/aromatic N) is 6. The number of halogens is 2. The van der Waals surface area contributed by atoms with Crippen LogP contribution >= 0.6 is 23.2 Å². The molecule has 0 fully saturated rings. The molecule has 2 aromatic carbocycles. The number of rotatable bonds is 6. The molecule has 0 aliphatic rings. The van der Waals surface area contributed by atoms with Crippen molar-refractivity contribution in [2.45, 2.75) is 34.6 Å². The van der Waals surface area contributed by atoms with Crippen molar-refractivity contribution in [3.05, 3.63) is 91.5 Å². The fraction of sp³-hybridized carbons (Fsp3) is 0.192. The molecule has 0 saturated heterocycles. The number of ether oxygens (including phenoxy) is 2. The average Bonchev–Trinajstić information content (AvgIpc) is 2.91.